The summed E-state index contributed by atoms with van der Waals surface area (Å²) in [5.74, 6) is 0. The van der Waals surface area contributed by atoms with E-state index in [1.165, 1.54) is 0 Å². The van der Waals surface area contributed by atoms with E-state index in [-0.39, 0.29) is 0 Å². The van der Waals surface area contributed by atoms with Crippen molar-refractivity contribution >= 4 is 0 Å². The van der Waals surface area contributed by atoms with Crippen molar-refractivity contribution in [1.82, 2.24) is 0 Å². The Labute approximate surface area is 417 Å². The third kappa shape index (κ3) is 9.86. The molecule has 14 bridgehead atoms. The van der Waals surface area contributed by atoms with Crippen molar-refractivity contribution < 1.29 is 157 Å². The van der Waals surface area contributed by atoms with E-state index >= 15 is 0 Å². The molecule has 15 N–H and O–H groups in total. The van der Waals surface area contributed by atoms with Gasteiger partial charge in [-0.3, -0.25) is 0 Å². The molecular formula is C42H64O32. The Balaban J connectivity index is 0.845. The van der Waals surface area contributed by atoms with Gasteiger partial charge in [-0.25, -0.2) is 0 Å². The minimum atomic E-state index is -2.01. The molecule has 0 aromatic rings. The summed E-state index contributed by atoms with van der Waals surface area (Å²) in [6.45, 7) is -5.63. The number of rotatable bonds is 7. The van der Waals surface area contributed by atoms with Gasteiger partial charge in [0.25, 0.3) is 0 Å². The Hall–Kier alpha value is -1.28. The van der Waals surface area contributed by atoms with Crippen LogP contribution in [0.5, 0.6) is 0 Å². The summed E-state index contributed by atoms with van der Waals surface area (Å²) in [6, 6.07) is 0. The van der Waals surface area contributed by atoms with Gasteiger partial charge in [-0.05, 0) is 0 Å². The Morgan fingerprint density at radius 1 is 0.162 bits per heavy atom. The maximum atomic E-state index is 11.4. The van der Waals surface area contributed by atoms with Gasteiger partial charge in [0.15, 0.2) is 44.0 Å². The fraction of sp³-hybridized carbons (Fsp3) is 1.00. The van der Waals surface area contributed by atoms with Crippen molar-refractivity contribution in [2.75, 3.05) is 46.2 Å². The quantitative estimate of drug-likeness (QED) is 0.105. The average molecular weight is 1080 g/mol. The first-order chi connectivity index (χ1) is 35.6. The Morgan fingerprint density at radius 2 is 0.338 bits per heavy atom. The van der Waals surface area contributed by atoms with Gasteiger partial charge in [0.2, 0.25) is 0 Å². The van der Waals surface area contributed by atoms with E-state index in [0.717, 1.165) is 0 Å². The molecule has 0 unspecified atom stereocenters. The van der Waals surface area contributed by atoms with Crippen LogP contribution in [0, 0.1) is 0 Å². The van der Waals surface area contributed by atoms with Crippen LogP contribution in [0.25, 0.3) is 0 Å². The van der Waals surface area contributed by atoms with Crippen LogP contribution in [0.15, 0.2) is 0 Å². The normalized spacial score (nSPS) is 58.3. The highest BCUT2D eigenvalue weighted by Gasteiger charge is 2.66. The van der Waals surface area contributed by atoms with Gasteiger partial charge in [-0.1, -0.05) is 0 Å². The lowest BCUT2D eigenvalue weighted by Gasteiger charge is -2.48. The van der Waals surface area contributed by atoms with E-state index in [0.29, 0.717) is 0 Å². The molecule has 0 aromatic carbocycles. The molecule has 0 radical (unpaired) electrons. The van der Waals surface area contributed by atoms with Crippen LogP contribution < -0.4 is 0 Å². The topological polar surface area (TPSA) is 470 Å². The summed E-state index contributed by atoms with van der Waals surface area (Å²) < 4.78 is 101. The lowest BCUT2D eigenvalue weighted by atomic mass is 9.96. The fourth-order valence-corrected chi connectivity index (χ4v) is 11.2. The molecule has 0 spiro atoms. The zero-order valence-electron chi connectivity index (χ0n) is 38.8. The van der Waals surface area contributed by atoms with Crippen LogP contribution >= 0.6 is 0 Å². The molecule has 32 nitrogen and oxygen atoms in total. The molecule has 21 rings (SSSR count). The van der Waals surface area contributed by atoms with Crippen molar-refractivity contribution in [3.8, 4) is 0 Å². The van der Waals surface area contributed by atoms with E-state index < -0.39 is 261 Å². The molecule has 0 saturated carbocycles. The summed E-state index contributed by atoms with van der Waals surface area (Å²) in [5.41, 5.74) is 0. The van der Waals surface area contributed by atoms with Crippen molar-refractivity contribution in [2.24, 2.45) is 0 Å². The zero-order valence-corrected chi connectivity index (χ0v) is 38.8. The van der Waals surface area contributed by atoms with Gasteiger partial charge in [0, 0.05) is 0 Å². The SMILES string of the molecule is OC[C@H]1O[C@@H]2O[C@H]3[C@H]4O[C@H]4[C@@H](O[C@H]4[C@H](O)[C@@H](O)[C@@H](O[C@H]5[C@H]6O[C@H]6[C@@H](O[C@H]6[C@H](O)[C@@H](O)[C@@H](O[C@H]7[C@H]8O[C@H]8[C@@H](O[C@H]8[C@H](O)[C@@H](O)[C@@H](O[C@H]1[C@H](O)[C@H]2O)O[C@@H]8CO)O[C@@H]7CO)O[C@@H]6CO)O[C@@H]5CO)O[C@@H]4CO)O[C@@H]3CO. The number of aliphatic hydroxyl groups excluding tert-OH is 15. The average Bonchev–Trinajstić information content (AvgIpc) is 4.28. The minimum Gasteiger partial charge on any atom is -0.394 e. The first-order valence-electron chi connectivity index (χ1n) is 24.5. The molecule has 35 atom stereocenters. The van der Waals surface area contributed by atoms with Gasteiger partial charge in [-0.15, -0.1) is 0 Å². The number of ether oxygens (including phenoxy) is 17. The van der Waals surface area contributed by atoms with Crippen LogP contribution in [0.4, 0.5) is 0 Å². The van der Waals surface area contributed by atoms with Gasteiger partial charge in [0.05, 0.1) is 46.2 Å². The van der Waals surface area contributed by atoms with Crippen molar-refractivity contribution in [2.45, 2.75) is 215 Å². The molecule has 0 aliphatic carbocycles. The predicted molar refractivity (Wildman–Crippen MR) is 218 cm³/mol. The lowest BCUT2D eigenvalue weighted by Crippen LogP contribution is -2.66. The van der Waals surface area contributed by atoms with E-state index in [1.54, 1.807) is 0 Å². The van der Waals surface area contributed by atoms with Crippen LogP contribution in [0.3, 0.4) is 0 Å². The van der Waals surface area contributed by atoms with Crippen LogP contribution in [0.2, 0.25) is 0 Å². The molecule has 21 aliphatic rings. The summed E-state index contributed by atoms with van der Waals surface area (Å²) >= 11 is 0. The van der Waals surface area contributed by atoms with E-state index in [1.807, 2.05) is 0 Å². The monoisotopic (exact) mass is 1080 g/mol. The van der Waals surface area contributed by atoms with Gasteiger partial charge < -0.3 is 157 Å². The number of epoxide rings is 3. The molecule has 0 amide bonds. The van der Waals surface area contributed by atoms with Crippen LogP contribution in [-0.2, 0) is 80.5 Å². The zero-order chi connectivity index (χ0) is 52.2. The smallest absolute Gasteiger partial charge is 0.187 e. The maximum Gasteiger partial charge on any atom is 0.187 e. The van der Waals surface area contributed by atoms with Crippen LogP contribution in [-0.4, -0.2) is 338 Å². The molecule has 21 aliphatic heterocycles. The maximum absolute atomic E-state index is 11.4. The largest absolute Gasteiger partial charge is 0.394 e. The van der Waals surface area contributed by atoms with Crippen molar-refractivity contribution in [3.05, 3.63) is 0 Å². The highest BCUT2D eigenvalue weighted by molar-refractivity contribution is 5.08. The second kappa shape index (κ2) is 22.0. The third-order valence-electron chi connectivity index (χ3n) is 15.3. The summed E-state index contributed by atoms with van der Waals surface area (Å²) in [6.07, 6.45) is -52.1. The molecule has 32 heteroatoms. The summed E-state index contributed by atoms with van der Waals surface area (Å²) in [4.78, 5) is 0. The van der Waals surface area contributed by atoms with Crippen LogP contribution in [0.1, 0.15) is 0 Å². The molecule has 21 saturated heterocycles. The summed E-state index contributed by atoms with van der Waals surface area (Å²) in [7, 11) is 0. The van der Waals surface area contributed by atoms with Crippen molar-refractivity contribution in [1.29, 1.82) is 0 Å². The molecule has 74 heavy (non-hydrogen) atoms. The van der Waals surface area contributed by atoms with Gasteiger partial charge in [-0.2, -0.15) is 0 Å². The highest BCUT2D eigenvalue weighted by atomic mass is 16.8. The Kier molecular flexibility index (Phi) is 16.2. The highest BCUT2D eigenvalue weighted by Crippen LogP contribution is 2.46. The first-order valence-corrected chi connectivity index (χ1v) is 24.5. The predicted octanol–water partition coefficient (Wildman–Crippen LogP) is -12.1. The molecule has 21 fully saturated rings. The molecule has 21 heterocycles. The van der Waals surface area contributed by atoms with Crippen molar-refractivity contribution in [3.63, 3.8) is 0 Å². The summed E-state index contributed by atoms with van der Waals surface area (Å²) in [5, 5.41) is 164. The van der Waals surface area contributed by atoms with Gasteiger partial charge in [0.1, 0.15) is 171 Å². The van der Waals surface area contributed by atoms with E-state index in [2.05, 4.69) is 0 Å². The lowest BCUT2D eigenvalue weighted by molar-refractivity contribution is -0.378. The van der Waals surface area contributed by atoms with E-state index in [4.69, 9.17) is 80.5 Å². The number of aliphatic hydroxyl groups is 15. The Bertz CT molecular complexity index is 1870. The minimum absolute atomic E-state index is 0.740. The second-order valence-corrected chi connectivity index (χ2v) is 19.9. The Morgan fingerprint density at radius 3 is 0.554 bits per heavy atom. The van der Waals surface area contributed by atoms with E-state index in [9.17, 15) is 76.6 Å². The number of hydrogen-bond donors (Lipinski definition) is 15. The molecule has 424 valence electrons. The molecular weight excluding hydrogens is 1020 g/mol. The fourth-order valence-electron chi connectivity index (χ4n) is 11.2. The van der Waals surface area contributed by atoms with Gasteiger partial charge >= 0.3 is 0 Å². The number of hydrogen-bond acceptors (Lipinski definition) is 32. The standard InChI is InChI=1S/C42H64O32/c43-1-8-23-15(50)20(55)37(59-8)72-27-12(5-47)63-41(34-30(27)65-34)70-25-10(3-45)61-39(22(57)17(25)52)74-29-14(7-49)64-42(35-32(29)67-35)71-26-11(4-46)60-38(21(56)18(26)53)73-28-13(6-48)62-40(33-31(28)66-33)69-24-9(2-44)58-36(68-23)19(54)16(24)51/h8-57H,1-7H2/t8-,9-,10-,11-,12-,13-,14-,15-,16-,17-,18-,19-,20-,21-,22-,23-,24-,25-,26-,27-,28-,29-,30-,31-,32-,33-,34-,35-,36-,37-,38-,39-,40-,41-,42-/m1/s1. The third-order valence-corrected chi connectivity index (χ3v) is 15.3. The second-order valence-electron chi connectivity index (χ2n) is 19.9. The molecule has 0 aromatic heterocycles. The first kappa shape index (κ1) is 54.7. The number of fused-ring (bicyclic) bond motifs is 3.